The van der Waals surface area contributed by atoms with Crippen LogP contribution in [0, 0.1) is 0 Å². The lowest BCUT2D eigenvalue weighted by atomic mass is 9.75. The minimum Gasteiger partial charge on any atom is -0.399 e. The van der Waals surface area contributed by atoms with Gasteiger partial charge < -0.3 is 9.31 Å². The minimum atomic E-state index is -0.280. The molecule has 0 N–H and O–H groups in total. The molecule has 3 heteroatoms. The van der Waals surface area contributed by atoms with E-state index in [1.807, 2.05) is 0 Å². The average molecular weight is 256 g/mol. The van der Waals surface area contributed by atoms with Crippen molar-refractivity contribution in [2.75, 3.05) is 0 Å². The zero-order valence-corrected chi connectivity index (χ0v) is 12.4. The van der Waals surface area contributed by atoms with Crippen LogP contribution in [0.2, 0.25) is 0 Å². The van der Waals surface area contributed by atoms with E-state index in [4.69, 9.17) is 9.31 Å². The van der Waals surface area contributed by atoms with Gasteiger partial charge in [0.25, 0.3) is 0 Å². The van der Waals surface area contributed by atoms with Gasteiger partial charge in [0.15, 0.2) is 0 Å². The van der Waals surface area contributed by atoms with Crippen LogP contribution in [0.1, 0.15) is 45.7 Å². The van der Waals surface area contributed by atoms with Crippen LogP contribution in [-0.2, 0) is 15.7 Å². The number of fused-ring (bicyclic) bond motifs is 1. The van der Waals surface area contributed by atoms with Gasteiger partial charge in [-0.25, -0.2) is 0 Å². The molecule has 19 heavy (non-hydrogen) atoms. The van der Waals surface area contributed by atoms with Crippen molar-refractivity contribution in [2.45, 2.75) is 52.2 Å². The molecule has 100 valence electrons. The topological polar surface area (TPSA) is 18.5 Å². The minimum absolute atomic E-state index is 0.262. The molecule has 0 spiro atoms. The Morgan fingerprint density at radius 2 is 1.68 bits per heavy atom. The summed E-state index contributed by atoms with van der Waals surface area (Å²) >= 11 is 0. The van der Waals surface area contributed by atoms with Crippen molar-refractivity contribution < 1.29 is 9.31 Å². The van der Waals surface area contributed by atoms with Crippen molar-refractivity contribution in [3.63, 3.8) is 0 Å². The molecule has 0 aromatic heterocycles. The maximum absolute atomic E-state index is 6.16. The van der Waals surface area contributed by atoms with Crippen molar-refractivity contribution in [3.8, 4) is 0 Å². The maximum atomic E-state index is 6.16. The fraction of sp³-hybridized carbons (Fsp3) is 0.500. The number of hydrogen-bond acceptors (Lipinski definition) is 2. The van der Waals surface area contributed by atoms with E-state index in [1.165, 1.54) is 16.7 Å². The third-order valence-electron chi connectivity index (χ3n) is 4.60. The van der Waals surface area contributed by atoms with Crippen LogP contribution in [0.25, 0.3) is 6.08 Å². The second kappa shape index (κ2) is 3.97. The largest absolute Gasteiger partial charge is 0.495 e. The summed E-state index contributed by atoms with van der Waals surface area (Å²) in [6, 6.07) is 6.42. The maximum Gasteiger partial charge on any atom is 0.495 e. The van der Waals surface area contributed by atoms with Gasteiger partial charge in [0, 0.05) is 0 Å². The first-order chi connectivity index (χ1) is 8.80. The zero-order valence-electron chi connectivity index (χ0n) is 12.4. The molecule has 1 saturated heterocycles. The summed E-state index contributed by atoms with van der Waals surface area (Å²) in [5, 5.41) is 0. The second-order valence-corrected chi connectivity index (χ2v) is 6.68. The van der Waals surface area contributed by atoms with Gasteiger partial charge >= 0.3 is 7.12 Å². The van der Waals surface area contributed by atoms with Crippen LogP contribution >= 0.6 is 0 Å². The Morgan fingerprint density at radius 3 is 2.32 bits per heavy atom. The highest BCUT2D eigenvalue weighted by Crippen LogP contribution is 2.37. The first-order valence-electron chi connectivity index (χ1n) is 6.95. The molecule has 0 atom stereocenters. The molecule has 2 nitrogen and oxygen atoms in total. The Balaban J connectivity index is 2.00. The predicted molar refractivity (Wildman–Crippen MR) is 79.5 cm³/mol. The van der Waals surface area contributed by atoms with Gasteiger partial charge in [-0.05, 0) is 57.6 Å². The van der Waals surface area contributed by atoms with E-state index in [0.29, 0.717) is 0 Å². The van der Waals surface area contributed by atoms with Crippen molar-refractivity contribution in [1.29, 1.82) is 0 Å². The Kier molecular flexibility index (Phi) is 2.71. The molecule has 1 aliphatic carbocycles. The highest BCUT2D eigenvalue weighted by atomic mass is 16.7. The molecule has 1 aromatic rings. The summed E-state index contributed by atoms with van der Waals surface area (Å²) < 4.78 is 12.3. The van der Waals surface area contributed by atoms with Crippen LogP contribution < -0.4 is 5.46 Å². The Hall–Kier alpha value is -1.06. The first kappa shape index (κ1) is 13.0. The van der Waals surface area contributed by atoms with E-state index in [0.717, 1.165) is 11.9 Å². The van der Waals surface area contributed by atoms with Gasteiger partial charge in [0.2, 0.25) is 0 Å². The van der Waals surface area contributed by atoms with Gasteiger partial charge in [0.1, 0.15) is 0 Å². The van der Waals surface area contributed by atoms with Gasteiger partial charge in [0.05, 0.1) is 11.2 Å². The van der Waals surface area contributed by atoms with Crippen LogP contribution in [-0.4, -0.2) is 18.3 Å². The van der Waals surface area contributed by atoms with Gasteiger partial charge in [-0.3, -0.25) is 0 Å². The molecular formula is C16H21BO2. The van der Waals surface area contributed by atoms with Crippen LogP contribution in [0.4, 0.5) is 0 Å². The summed E-state index contributed by atoms with van der Waals surface area (Å²) in [5.74, 6) is 0. The fourth-order valence-corrected chi connectivity index (χ4v) is 2.74. The molecule has 1 heterocycles. The standard InChI is InChI=1S/C16H21BO2/c1-11-9-12-7-6-8-14(13(12)10-11)17-18-15(2,3)16(4,5)19-17/h6-8,10H,9H2,1-5H3. The predicted octanol–water partition coefficient (Wildman–Crippen LogP) is 2.95. The first-order valence-corrected chi connectivity index (χ1v) is 6.95. The molecule has 1 aromatic carbocycles. The molecule has 0 bridgehead atoms. The molecule has 3 rings (SSSR count). The number of hydrogen-bond donors (Lipinski definition) is 0. The third-order valence-corrected chi connectivity index (χ3v) is 4.60. The normalized spacial score (nSPS) is 23.4. The van der Waals surface area contributed by atoms with E-state index in [2.05, 4.69) is 58.9 Å². The lowest BCUT2D eigenvalue weighted by Crippen LogP contribution is -2.41. The van der Waals surface area contributed by atoms with Crippen LogP contribution in [0.15, 0.2) is 23.8 Å². The van der Waals surface area contributed by atoms with Gasteiger partial charge in [-0.2, -0.15) is 0 Å². The van der Waals surface area contributed by atoms with E-state index in [9.17, 15) is 0 Å². The highest BCUT2D eigenvalue weighted by molar-refractivity contribution is 6.63. The lowest BCUT2D eigenvalue weighted by Gasteiger charge is -2.32. The Morgan fingerprint density at radius 1 is 1.05 bits per heavy atom. The smallest absolute Gasteiger partial charge is 0.399 e. The summed E-state index contributed by atoms with van der Waals surface area (Å²) in [6.45, 7) is 10.6. The quantitative estimate of drug-likeness (QED) is 0.719. The van der Waals surface area contributed by atoms with E-state index < -0.39 is 0 Å². The van der Waals surface area contributed by atoms with E-state index in [1.54, 1.807) is 0 Å². The van der Waals surface area contributed by atoms with E-state index in [-0.39, 0.29) is 18.3 Å². The molecule has 0 amide bonds. The Labute approximate surface area is 115 Å². The van der Waals surface area contributed by atoms with Crippen LogP contribution in [0.3, 0.4) is 0 Å². The molecule has 1 fully saturated rings. The monoisotopic (exact) mass is 256 g/mol. The summed E-state index contributed by atoms with van der Waals surface area (Å²) in [7, 11) is -0.262. The molecule has 0 radical (unpaired) electrons. The van der Waals surface area contributed by atoms with Gasteiger partial charge in [-0.15, -0.1) is 0 Å². The highest BCUT2D eigenvalue weighted by Gasteiger charge is 2.52. The summed E-state index contributed by atoms with van der Waals surface area (Å²) in [6.07, 6.45) is 3.30. The summed E-state index contributed by atoms with van der Waals surface area (Å²) in [5.41, 5.74) is 4.67. The lowest BCUT2D eigenvalue weighted by molar-refractivity contribution is 0.00578. The fourth-order valence-electron chi connectivity index (χ4n) is 2.74. The summed E-state index contributed by atoms with van der Waals surface area (Å²) in [4.78, 5) is 0. The van der Waals surface area contributed by atoms with Crippen molar-refractivity contribution in [1.82, 2.24) is 0 Å². The molecule has 0 saturated carbocycles. The molecule has 2 aliphatic rings. The third kappa shape index (κ3) is 1.96. The van der Waals surface area contributed by atoms with E-state index >= 15 is 0 Å². The average Bonchev–Trinajstić information content (AvgIpc) is 2.75. The second-order valence-electron chi connectivity index (χ2n) is 6.68. The molecule has 0 unspecified atom stereocenters. The number of rotatable bonds is 1. The number of benzene rings is 1. The zero-order chi connectivity index (χ0) is 13.8. The van der Waals surface area contributed by atoms with Crippen LogP contribution in [0.5, 0.6) is 0 Å². The number of allylic oxidation sites excluding steroid dienone is 1. The van der Waals surface area contributed by atoms with Crippen molar-refractivity contribution in [3.05, 3.63) is 34.9 Å². The molecular weight excluding hydrogens is 235 g/mol. The van der Waals surface area contributed by atoms with Crippen molar-refractivity contribution >= 4 is 18.7 Å². The SMILES string of the molecule is CC1=Cc2c(cccc2B2OC(C)(C)C(C)(C)O2)C1. The Bertz CT molecular complexity index is 542. The van der Waals surface area contributed by atoms with Crippen molar-refractivity contribution in [2.24, 2.45) is 0 Å². The van der Waals surface area contributed by atoms with Gasteiger partial charge in [-0.1, -0.05) is 29.8 Å². The molecule has 1 aliphatic heterocycles.